The van der Waals surface area contributed by atoms with Crippen molar-refractivity contribution in [2.75, 3.05) is 13.2 Å². The van der Waals surface area contributed by atoms with Gasteiger partial charge in [0.25, 0.3) is 0 Å². The predicted octanol–water partition coefficient (Wildman–Crippen LogP) is -2.60. The maximum Gasteiger partial charge on any atom is 0.328 e. The number of aliphatic carboxylic acids is 1. The molecule has 0 aliphatic rings. The first kappa shape index (κ1) is 28.7. The van der Waals surface area contributed by atoms with Crippen LogP contribution in [-0.2, 0) is 19.2 Å². The van der Waals surface area contributed by atoms with Crippen LogP contribution in [-0.4, -0.2) is 82.4 Å². The van der Waals surface area contributed by atoms with Gasteiger partial charge in [-0.05, 0) is 45.1 Å². The normalized spacial score (nSPS) is 16.0. The highest BCUT2D eigenvalue weighted by molar-refractivity contribution is 5.94. The van der Waals surface area contributed by atoms with E-state index in [9.17, 15) is 24.3 Å². The number of aliphatic hydroxyl groups excluding tert-OH is 2. The minimum absolute atomic E-state index is 0.00845. The fourth-order valence-electron chi connectivity index (χ4n) is 2.68. The third-order valence-corrected chi connectivity index (χ3v) is 4.54. The van der Waals surface area contributed by atoms with Crippen LogP contribution in [0.1, 0.15) is 46.5 Å². The van der Waals surface area contributed by atoms with Crippen molar-refractivity contribution in [1.29, 1.82) is 0 Å². The van der Waals surface area contributed by atoms with Crippen molar-refractivity contribution in [3.05, 3.63) is 0 Å². The van der Waals surface area contributed by atoms with Crippen molar-refractivity contribution in [2.45, 2.75) is 76.7 Å². The van der Waals surface area contributed by atoms with Gasteiger partial charge >= 0.3 is 5.97 Å². The number of rotatable bonds is 15. The Balaban J connectivity index is 5.42. The van der Waals surface area contributed by atoms with Gasteiger partial charge in [-0.2, -0.15) is 0 Å². The first-order valence-corrected chi connectivity index (χ1v) is 10.3. The molecule has 0 heterocycles. The molecule has 0 saturated heterocycles. The van der Waals surface area contributed by atoms with Crippen LogP contribution in [0.4, 0.5) is 0 Å². The van der Waals surface area contributed by atoms with E-state index < -0.39 is 60.6 Å². The van der Waals surface area contributed by atoms with Crippen molar-refractivity contribution >= 4 is 23.7 Å². The van der Waals surface area contributed by atoms with E-state index in [1.54, 1.807) is 0 Å². The van der Waals surface area contributed by atoms with E-state index in [4.69, 9.17) is 21.7 Å². The van der Waals surface area contributed by atoms with E-state index in [0.717, 1.165) is 0 Å². The van der Waals surface area contributed by atoms with Crippen LogP contribution >= 0.6 is 0 Å². The van der Waals surface area contributed by atoms with Gasteiger partial charge in [0.05, 0.1) is 12.7 Å². The first-order chi connectivity index (χ1) is 14.4. The van der Waals surface area contributed by atoms with E-state index in [2.05, 4.69) is 16.0 Å². The second-order valence-corrected chi connectivity index (χ2v) is 7.88. The summed E-state index contributed by atoms with van der Waals surface area (Å²) in [6.07, 6.45) is 0.374. The summed E-state index contributed by atoms with van der Waals surface area (Å²) >= 11 is 0. The van der Waals surface area contributed by atoms with E-state index in [-0.39, 0.29) is 18.8 Å². The van der Waals surface area contributed by atoms with Gasteiger partial charge in [-0.1, -0.05) is 13.8 Å². The van der Waals surface area contributed by atoms with Crippen LogP contribution < -0.4 is 27.4 Å². The van der Waals surface area contributed by atoms with Crippen molar-refractivity contribution in [1.82, 2.24) is 16.0 Å². The molecular formula is C19H37N5O7. The molecule has 10 N–H and O–H groups in total. The molecule has 0 radical (unpaired) electrons. The second-order valence-electron chi connectivity index (χ2n) is 7.88. The highest BCUT2D eigenvalue weighted by Gasteiger charge is 2.31. The lowest BCUT2D eigenvalue weighted by Crippen LogP contribution is -2.58. The van der Waals surface area contributed by atoms with Gasteiger partial charge in [-0.25, -0.2) is 4.79 Å². The molecule has 0 fully saturated rings. The number of hydrogen-bond acceptors (Lipinski definition) is 8. The van der Waals surface area contributed by atoms with Crippen molar-refractivity contribution in [3.8, 4) is 0 Å². The van der Waals surface area contributed by atoms with E-state index >= 15 is 0 Å². The Labute approximate surface area is 182 Å². The Morgan fingerprint density at radius 2 is 1.39 bits per heavy atom. The zero-order valence-electron chi connectivity index (χ0n) is 18.3. The van der Waals surface area contributed by atoms with Crippen LogP contribution in [0.3, 0.4) is 0 Å². The summed E-state index contributed by atoms with van der Waals surface area (Å²) in [6, 6.07) is -4.86. The molecule has 12 nitrogen and oxygen atoms in total. The minimum Gasteiger partial charge on any atom is -0.480 e. The smallest absolute Gasteiger partial charge is 0.328 e. The van der Waals surface area contributed by atoms with E-state index in [1.807, 2.05) is 13.8 Å². The predicted molar refractivity (Wildman–Crippen MR) is 113 cm³/mol. The molecule has 0 aromatic heterocycles. The summed E-state index contributed by atoms with van der Waals surface area (Å²) in [5, 5.41) is 34.9. The average molecular weight is 448 g/mol. The van der Waals surface area contributed by atoms with Crippen LogP contribution in [0.2, 0.25) is 0 Å². The molecule has 5 atom stereocenters. The largest absolute Gasteiger partial charge is 0.480 e. The standard InChI is InChI=1S/C19H37N5O7/c1-10(2)8-13(23-18(29)15(21)11(3)26)17(28)22-12(6-4-5-7-20)16(27)24-14(9-25)19(30)31/h10-15,25-26H,4-9,20-21H2,1-3H3,(H,22,28)(H,23,29)(H,24,27)(H,30,31). The number of amides is 3. The highest BCUT2D eigenvalue weighted by atomic mass is 16.4. The van der Waals surface area contributed by atoms with E-state index in [0.29, 0.717) is 19.4 Å². The molecule has 3 amide bonds. The molecule has 180 valence electrons. The Morgan fingerprint density at radius 3 is 1.84 bits per heavy atom. The fraction of sp³-hybridized carbons (Fsp3) is 0.789. The number of unbranched alkanes of at least 4 members (excludes halogenated alkanes) is 1. The number of carbonyl (C=O) groups is 4. The van der Waals surface area contributed by atoms with Crippen LogP contribution in [0.5, 0.6) is 0 Å². The van der Waals surface area contributed by atoms with Crippen molar-refractivity contribution < 1.29 is 34.5 Å². The Hall–Kier alpha value is -2.28. The molecule has 0 aromatic carbocycles. The van der Waals surface area contributed by atoms with Gasteiger partial charge < -0.3 is 42.7 Å². The van der Waals surface area contributed by atoms with Gasteiger partial charge in [0.15, 0.2) is 0 Å². The molecular weight excluding hydrogens is 410 g/mol. The Kier molecular flexibility index (Phi) is 13.6. The second kappa shape index (κ2) is 14.7. The number of nitrogens with two attached hydrogens (primary N) is 2. The quantitative estimate of drug-likeness (QED) is 0.123. The summed E-state index contributed by atoms with van der Waals surface area (Å²) < 4.78 is 0. The number of carboxylic acid groups (broad SMARTS) is 1. The molecule has 0 bridgehead atoms. The first-order valence-electron chi connectivity index (χ1n) is 10.3. The SMILES string of the molecule is CC(C)CC(NC(=O)C(N)C(C)O)C(=O)NC(CCCCN)C(=O)NC(CO)C(=O)O. The topological polar surface area (TPSA) is 217 Å². The lowest BCUT2D eigenvalue weighted by molar-refractivity contribution is -0.143. The van der Waals surface area contributed by atoms with Gasteiger partial charge in [-0.15, -0.1) is 0 Å². The molecule has 0 saturated carbocycles. The lowest BCUT2D eigenvalue weighted by Gasteiger charge is -2.26. The summed E-state index contributed by atoms with van der Waals surface area (Å²) in [6.45, 7) is 4.59. The van der Waals surface area contributed by atoms with Gasteiger partial charge in [-0.3, -0.25) is 14.4 Å². The van der Waals surface area contributed by atoms with Crippen LogP contribution in [0, 0.1) is 5.92 Å². The molecule has 0 spiro atoms. The zero-order chi connectivity index (χ0) is 24.1. The van der Waals surface area contributed by atoms with Crippen molar-refractivity contribution in [3.63, 3.8) is 0 Å². The summed E-state index contributed by atoms with van der Waals surface area (Å²) in [7, 11) is 0. The summed E-state index contributed by atoms with van der Waals surface area (Å²) in [5.74, 6) is -3.55. The third kappa shape index (κ3) is 11.1. The van der Waals surface area contributed by atoms with Crippen LogP contribution in [0.25, 0.3) is 0 Å². The Bertz CT molecular complexity index is 600. The monoisotopic (exact) mass is 447 g/mol. The number of carbonyl (C=O) groups excluding carboxylic acids is 3. The molecule has 0 aliphatic heterocycles. The Morgan fingerprint density at radius 1 is 0.871 bits per heavy atom. The minimum atomic E-state index is -1.52. The number of nitrogens with one attached hydrogen (secondary N) is 3. The fourth-order valence-corrected chi connectivity index (χ4v) is 2.68. The molecule has 0 aromatic rings. The summed E-state index contributed by atoms with van der Waals surface area (Å²) in [5.41, 5.74) is 11.1. The molecule has 0 aliphatic carbocycles. The maximum absolute atomic E-state index is 12.8. The van der Waals surface area contributed by atoms with Gasteiger partial charge in [0, 0.05) is 0 Å². The zero-order valence-corrected chi connectivity index (χ0v) is 18.3. The van der Waals surface area contributed by atoms with Gasteiger partial charge in [0.2, 0.25) is 17.7 Å². The van der Waals surface area contributed by atoms with Gasteiger partial charge in [0.1, 0.15) is 24.2 Å². The molecule has 5 unspecified atom stereocenters. The average Bonchev–Trinajstić information content (AvgIpc) is 2.69. The molecule has 0 rings (SSSR count). The highest BCUT2D eigenvalue weighted by Crippen LogP contribution is 2.08. The molecule has 12 heteroatoms. The molecule has 31 heavy (non-hydrogen) atoms. The van der Waals surface area contributed by atoms with E-state index in [1.165, 1.54) is 6.92 Å². The van der Waals surface area contributed by atoms with Crippen LogP contribution in [0.15, 0.2) is 0 Å². The number of aliphatic hydroxyl groups is 2. The number of carboxylic acids is 1. The third-order valence-electron chi connectivity index (χ3n) is 4.54. The summed E-state index contributed by atoms with van der Waals surface area (Å²) in [4.78, 5) is 48.7. The van der Waals surface area contributed by atoms with Crippen molar-refractivity contribution in [2.24, 2.45) is 17.4 Å². The maximum atomic E-state index is 12.8. The number of hydrogen-bond donors (Lipinski definition) is 8. The lowest BCUT2D eigenvalue weighted by atomic mass is 10.0.